The Morgan fingerprint density at radius 1 is 1.02 bits per heavy atom. The lowest BCUT2D eigenvalue weighted by Crippen LogP contribution is -2.65. The van der Waals surface area contributed by atoms with Crippen LogP contribution in [-0.4, -0.2) is 68.5 Å². The van der Waals surface area contributed by atoms with Gasteiger partial charge in [-0.2, -0.15) is 0 Å². The van der Waals surface area contributed by atoms with Crippen LogP contribution in [0.2, 0.25) is 0 Å². The number of nitrogens with one attached hydrogen (secondary N) is 1. The van der Waals surface area contributed by atoms with Gasteiger partial charge < -0.3 is 31.5 Å². The molecule has 0 aliphatic heterocycles. The summed E-state index contributed by atoms with van der Waals surface area (Å²) in [6.07, 6.45) is 0.200. The van der Waals surface area contributed by atoms with Gasteiger partial charge in [-0.25, -0.2) is 4.39 Å². The molecule has 0 saturated heterocycles. The Labute approximate surface area is 264 Å². The van der Waals surface area contributed by atoms with Gasteiger partial charge in [0.2, 0.25) is 5.78 Å². The first-order valence-electron chi connectivity index (χ1n) is 14.9. The van der Waals surface area contributed by atoms with Gasteiger partial charge >= 0.3 is 0 Å². The van der Waals surface area contributed by atoms with Crippen LogP contribution in [0, 0.1) is 17.7 Å². The zero-order valence-corrected chi connectivity index (χ0v) is 25.3. The van der Waals surface area contributed by atoms with Crippen molar-refractivity contribution in [2.24, 2.45) is 17.6 Å². The minimum atomic E-state index is -2.68. The van der Waals surface area contributed by atoms with Gasteiger partial charge in [0.15, 0.2) is 11.4 Å². The van der Waals surface area contributed by atoms with E-state index in [1.54, 1.807) is 26.2 Å². The Bertz CT molecular complexity index is 1850. The Kier molecular flexibility index (Phi) is 7.79. The summed E-state index contributed by atoms with van der Waals surface area (Å²) in [5, 5.41) is 48.4. The number of aromatic hydroxyl groups is 1. The van der Waals surface area contributed by atoms with Gasteiger partial charge in [0, 0.05) is 24.6 Å². The largest absolute Gasteiger partial charge is 0.508 e. The van der Waals surface area contributed by atoms with Gasteiger partial charge in [-0.1, -0.05) is 42.5 Å². The van der Waals surface area contributed by atoms with Crippen LogP contribution in [0.15, 0.2) is 77.6 Å². The standard InChI is InChI=1S/C35H34FN3O7/c1-39(2)29-24-14-20-13-23-22(19-8-6-17(7-9-19)15-38-16-18-4-3-5-21(36)12-18)10-11-25(40)27(23)30(41)26(20)32(43)35(24,46)33(44)28(31(29)42)34(37)45/h3-12,20,24,29,38,40-41,44,46H,13-16H2,1-2H3,(H2,37,45)/t20-,24-,29+,35-/m0/s1. The molecule has 11 heteroatoms. The van der Waals surface area contributed by atoms with E-state index in [1.165, 1.54) is 23.1 Å². The van der Waals surface area contributed by atoms with Crippen molar-refractivity contribution >= 4 is 23.2 Å². The summed E-state index contributed by atoms with van der Waals surface area (Å²) < 4.78 is 13.5. The highest BCUT2D eigenvalue weighted by molar-refractivity contribution is 6.24. The minimum absolute atomic E-state index is 0.0107. The topological polar surface area (TPSA) is 173 Å². The lowest BCUT2D eigenvalue weighted by Gasteiger charge is -2.50. The van der Waals surface area contributed by atoms with Crippen LogP contribution in [0.1, 0.15) is 28.7 Å². The molecule has 0 radical (unpaired) electrons. The van der Waals surface area contributed by atoms with E-state index in [0.29, 0.717) is 24.2 Å². The van der Waals surface area contributed by atoms with Crippen molar-refractivity contribution in [3.05, 3.63) is 106 Å². The van der Waals surface area contributed by atoms with E-state index < -0.39 is 58.0 Å². The summed E-state index contributed by atoms with van der Waals surface area (Å²) >= 11 is 0. The quantitative estimate of drug-likeness (QED) is 0.215. The molecule has 3 aliphatic carbocycles. The van der Waals surface area contributed by atoms with Crippen molar-refractivity contribution in [1.29, 1.82) is 0 Å². The SMILES string of the molecule is CN(C)[C@H]1C(=O)C(C(N)=O)=C(O)[C@@]2(O)C(=O)C3=C(O)c4c(O)ccc(-c5ccc(CNCc6cccc(F)c6)cc5)c4C[C@H]3C[C@@H]12. The molecule has 10 nitrogen and oxygen atoms in total. The molecule has 4 atom stereocenters. The second-order valence-electron chi connectivity index (χ2n) is 12.4. The van der Waals surface area contributed by atoms with Crippen molar-refractivity contribution in [1.82, 2.24) is 10.2 Å². The van der Waals surface area contributed by atoms with Crippen LogP contribution in [0.3, 0.4) is 0 Å². The fraction of sp³-hybridized carbons (Fsp3) is 0.286. The number of likely N-dealkylation sites (N-methyl/N-ethyl adjacent to an activating group) is 1. The molecule has 3 aromatic carbocycles. The number of primary amides is 1. The number of carbonyl (C=O) groups excluding carboxylic acids is 3. The molecular formula is C35H34FN3O7. The lowest BCUT2D eigenvalue weighted by atomic mass is 9.57. The summed E-state index contributed by atoms with van der Waals surface area (Å²) in [7, 11) is 3.12. The van der Waals surface area contributed by atoms with E-state index in [4.69, 9.17) is 5.73 Å². The number of phenols is 1. The number of fused-ring (bicyclic) bond motifs is 3. The van der Waals surface area contributed by atoms with E-state index in [1.807, 2.05) is 30.3 Å². The Hall–Kier alpha value is -4.84. The molecular weight excluding hydrogens is 593 g/mol. The molecule has 0 bridgehead atoms. The predicted molar refractivity (Wildman–Crippen MR) is 167 cm³/mol. The highest BCUT2D eigenvalue weighted by Crippen LogP contribution is 2.53. The van der Waals surface area contributed by atoms with E-state index in [9.17, 15) is 39.2 Å². The summed E-state index contributed by atoms with van der Waals surface area (Å²) in [6.45, 7) is 1.03. The molecule has 0 spiro atoms. The van der Waals surface area contributed by atoms with Gasteiger partial charge in [-0.15, -0.1) is 0 Å². The van der Waals surface area contributed by atoms with Crippen molar-refractivity contribution in [2.75, 3.05) is 14.1 Å². The number of rotatable bonds is 7. The van der Waals surface area contributed by atoms with E-state index in [-0.39, 0.29) is 35.5 Å². The second-order valence-corrected chi connectivity index (χ2v) is 12.4. The van der Waals surface area contributed by atoms with Crippen LogP contribution in [0.5, 0.6) is 5.75 Å². The number of benzene rings is 3. The monoisotopic (exact) mass is 627 g/mol. The number of halogens is 1. The molecule has 1 saturated carbocycles. The maximum absolute atomic E-state index is 14.0. The summed E-state index contributed by atoms with van der Waals surface area (Å²) in [6, 6.07) is 16.0. The first kappa shape index (κ1) is 31.2. The average Bonchev–Trinajstić information content (AvgIpc) is 2.99. The maximum atomic E-state index is 14.0. The number of hydrogen-bond donors (Lipinski definition) is 6. The fourth-order valence-corrected chi connectivity index (χ4v) is 7.31. The first-order valence-corrected chi connectivity index (χ1v) is 14.9. The highest BCUT2D eigenvalue weighted by Gasteiger charge is 2.64. The average molecular weight is 628 g/mol. The molecule has 0 heterocycles. The number of ketones is 2. The molecule has 0 aromatic heterocycles. The predicted octanol–water partition coefficient (Wildman–Crippen LogP) is 3.06. The van der Waals surface area contributed by atoms with E-state index in [2.05, 4.69) is 5.32 Å². The molecule has 0 unspecified atom stereocenters. The number of nitrogens with two attached hydrogens (primary N) is 1. The fourth-order valence-electron chi connectivity index (χ4n) is 7.31. The molecule has 3 aromatic rings. The van der Waals surface area contributed by atoms with Crippen molar-refractivity contribution in [3.63, 3.8) is 0 Å². The third kappa shape index (κ3) is 4.87. The third-order valence-corrected chi connectivity index (χ3v) is 9.42. The number of Topliss-reactive ketones (excluding diaryl/α,β-unsaturated/α-hetero) is 2. The molecule has 1 fully saturated rings. The Balaban J connectivity index is 1.35. The zero-order chi connectivity index (χ0) is 33.1. The van der Waals surface area contributed by atoms with Crippen molar-refractivity contribution in [3.8, 4) is 16.9 Å². The summed E-state index contributed by atoms with van der Waals surface area (Å²) in [5.74, 6) is -7.16. The number of hydrogen-bond acceptors (Lipinski definition) is 9. The normalized spacial score (nSPS) is 24.2. The lowest BCUT2D eigenvalue weighted by molar-refractivity contribution is -0.153. The number of aliphatic hydroxyl groups excluding tert-OH is 2. The first-order chi connectivity index (χ1) is 21.8. The van der Waals surface area contributed by atoms with Gasteiger partial charge in [-0.05, 0) is 78.9 Å². The Morgan fingerprint density at radius 2 is 1.72 bits per heavy atom. The number of carbonyl (C=O) groups is 3. The van der Waals surface area contributed by atoms with Crippen molar-refractivity contribution in [2.45, 2.75) is 37.6 Å². The van der Waals surface area contributed by atoms with Gasteiger partial charge in [0.05, 0.1) is 11.6 Å². The van der Waals surface area contributed by atoms with Gasteiger partial charge in [0.1, 0.15) is 28.7 Å². The highest BCUT2D eigenvalue weighted by atomic mass is 19.1. The van der Waals surface area contributed by atoms with Crippen LogP contribution in [-0.2, 0) is 33.9 Å². The molecule has 3 aliphatic rings. The zero-order valence-electron chi connectivity index (χ0n) is 25.3. The molecule has 6 rings (SSSR count). The molecule has 7 N–H and O–H groups in total. The molecule has 238 valence electrons. The second kappa shape index (κ2) is 11.5. The van der Waals surface area contributed by atoms with E-state index >= 15 is 0 Å². The van der Waals surface area contributed by atoms with Gasteiger partial charge in [-0.3, -0.25) is 19.3 Å². The number of aliphatic hydroxyl groups is 3. The molecule has 1 amide bonds. The maximum Gasteiger partial charge on any atom is 0.255 e. The van der Waals surface area contributed by atoms with Crippen LogP contribution in [0.4, 0.5) is 4.39 Å². The molecule has 46 heavy (non-hydrogen) atoms. The van der Waals surface area contributed by atoms with Crippen molar-refractivity contribution < 1.29 is 39.2 Å². The Morgan fingerprint density at radius 3 is 2.37 bits per heavy atom. The van der Waals surface area contributed by atoms with Gasteiger partial charge in [0.25, 0.3) is 5.91 Å². The minimum Gasteiger partial charge on any atom is -0.508 e. The summed E-state index contributed by atoms with van der Waals surface area (Å²) in [4.78, 5) is 41.0. The third-order valence-electron chi connectivity index (χ3n) is 9.42. The van der Waals surface area contributed by atoms with Crippen LogP contribution >= 0.6 is 0 Å². The number of phenolic OH excluding ortho intramolecular Hbond substituents is 1. The van der Waals surface area contributed by atoms with Crippen LogP contribution < -0.4 is 11.1 Å². The smallest absolute Gasteiger partial charge is 0.255 e. The number of nitrogens with zero attached hydrogens (tertiary/aromatic N) is 1. The number of amides is 1. The van der Waals surface area contributed by atoms with E-state index in [0.717, 1.165) is 16.7 Å². The summed E-state index contributed by atoms with van der Waals surface area (Å²) in [5.41, 5.74) is 5.60. The van der Waals surface area contributed by atoms with Crippen LogP contribution in [0.25, 0.3) is 16.9 Å².